The molecule has 1 aliphatic rings. The summed E-state index contributed by atoms with van der Waals surface area (Å²) in [7, 11) is -3.57. The number of morpholine rings is 1. The molecule has 0 spiro atoms. The summed E-state index contributed by atoms with van der Waals surface area (Å²) < 4.78 is 32.7. The summed E-state index contributed by atoms with van der Waals surface area (Å²) in [6.07, 6.45) is 0.0371. The molecule has 1 fully saturated rings. The number of hydrogen-bond acceptors (Lipinski definition) is 5. The van der Waals surface area contributed by atoms with Crippen molar-refractivity contribution in [3.63, 3.8) is 0 Å². The van der Waals surface area contributed by atoms with Gasteiger partial charge in [-0.3, -0.25) is 4.79 Å². The highest BCUT2D eigenvalue weighted by molar-refractivity contribution is 7.89. The molecule has 1 N–H and O–H groups in total. The lowest BCUT2D eigenvalue weighted by Gasteiger charge is -2.34. The molecule has 3 rings (SSSR count). The molecular weight excluding hydrogens is 372 g/mol. The minimum absolute atomic E-state index is 0.126. The summed E-state index contributed by atoms with van der Waals surface area (Å²) in [6.45, 7) is 4.41. The van der Waals surface area contributed by atoms with Crippen LogP contribution >= 0.6 is 11.3 Å². The summed E-state index contributed by atoms with van der Waals surface area (Å²) in [5.41, 5.74) is 0.578. The van der Waals surface area contributed by atoms with Gasteiger partial charge in [0.25, 0.3) is 0 Å². The zero-order valence-electron chi connectivity index (χ0n) is 14.7. The van der Waals surface area contributed by atoms with Crippen molar-refractivity contribution in [2.45, 2.75) is 37.4 Å². The van der Waals surface area contributed by atoms with Crippen LogP contribution in [-0.4, -0.2) is 43.9 Å². The summed E-state index contributed by atoms with van der Waals surface area (Å²) in [6, 6.07) is 10.1. The van der Waals surface area contributed by atoms with E-state index in [0.717, 1.165) is 4.88 Å². The van der Waals surface area contributed by atoms with Crippen LogP contribution in [0, 0.1) is 0 Å². The number of carbonyl (C=O) groups excluding carboxylic acids is 1. The first kappa shape index (κ1) is 19.0. The van der Waals surface area contributed by atoms with Gasteiger partial charge in [0.05, 0.1) is 23.5 Å². The molecule has 2 heterocycles. The maximum absolute atomic E-state index is 12.8. The number of anilines is 1. The van der Waals surface area contributed by atoms with Crippen LogP contribution in [0.15, 0.2) is 46.7 Å². The van der Waals surface area contributed by atoms with Gasteiger partial charge < -0.3 is 10.1 Å². The zero-order valence-corrected chi connectivity index (χ0v) is 16.3. The number of amides is 1. The lowest BCUT2D eigenvalue weighted by Crippen LogP contribution is -2.48. The van der Waals surface area contributed by atoms with Crippen LogP contribution in [0.4, 0.5) is 5.69 Å². The van der Waals surface area contributed by atoms with Crippen LogP contribution in [0.3, 0.4) is 0 Å². The van der Waals surface area contributed by atoms with Crippen LogP contribution in [0.1, 0.15) is 18.7 Å². The molecule has 2 atom stereocenters. The second-order valence-corrected chi connectivity index (χ2v) is 9.38. The molecule has 1 saturated heterocycles. The van der Waals surface area contributed by atoms with Crippen molar-refractivity contribution in [2.24, 2.45) is 0 Å². The lowest BCUT2D eigenvalue weighted by molar-refractivity contribution is -0.115. The molecule has 8 heteroatoms. The van der Waals surface area contributed by atoms with Gasteiger partial charge in [-0.05, 0) is 49.6 Å². The Balaban J connectivity index is 1.67. The van der Waals surface area contributed by atoms with Crippen LogP contribution in [-0.2, 0) is 26.0 Å². The van der Waals surface area contributed by atoms with Gasteiger partial charge in [0, 0.05) is 23.7 Å². The maximum atomic E-state index is 12.8. The zero-order chi connectivity index (χ0) is 18.7. The summed E-state index contributed by atoms with van der Waals surface area (Å²) in [5, 5.41) is 4.72. The predicted molar refractivity (Wildman–Crippen MR) is 102 cm³/mol. The van der Waals surface area contributed by atoms with Crippen molar-refractivity contribution < 1.29 is 17.9 Å². The molecule has 1 aromatic carbocycles. The Labute approximate surface area is 157 Å². The second-order valence-electron chi connectivity index (χ2n) is 6.41. The minimum Gasteiger partial charge on any atom is -0.373 e. The molecule has 2 aromatic rings. The van der Waals surface area contributed by atoms with E-state index in [9.17, 15) is 13.2 Å². The van der Waals surface area contributed by atoms with Crippen molar-refractivity contribution in [3.05, 3.63) is 46.7 Å². The molecule has 140 valence electrons. The van der Waals surface area contributed by atoms with E-state index in [0.29, 0.717) is 25.2 Å². The molecule has 0 saturated carbocycles. The quantitative estimate of drug-likeness (QED) is 0.846. The van der Waals surface area contributed by atoms with Gasteiger partial charge in [0.1, 0.15) is 0 Å². The Hall–Kier alpha value is -1.74. The van der Waals surface area contributed by atoms with Crippen molar-refractivity contribution >= 4 is 33.0 Å². The van der Waals surface area contributed by atoms with Gasteiger partial charge in [0.2, 0.25) is 15.9 Å². The number of ether oxygens (including phenoxy) is 1. The topological polar surface area (TPSA) is 75.7 Å². The van der Waals surface area contributed by atoms with E-state index in [1.54, 1.807) is 12.1 Å². The van der Waals surface area contributed by atoms with Crippen molar-refractivity contribution in [2.75, 3.05) is 18.4 Å². The minimum atomic E-state index is -3.57. The fraction of sp³-hybridized carbons (Fsp3) is 0.389. The first-order chi connectivity index (χ1) is 12.3. The average Bonchev–Trinajstić information content (AvgIpc) is 3.07. The fourth-order valence-electron chi connectivity index (χ4n) is 2.96. The normalized spacial score (nSPS) is 21.5. The van der Waals surface area contributed by atoms with Crippen LogP contribution in [0.2, 0.25) is 0 Å². The third-order valence-electron chi connectivity index (χ3n) is 4.08. The van der Waals surface area contributed by atoms with Gasteiger partial charge in [-0.2, -0.15) is 4.31 Å². The monoisotopic (exact) mass is 394 g/mol. The van der Waals surface area contributed by atoms with E-state index in [1.807, 2.05) is 31.4 Å². The van der Waals surface area contributed by atoms with E-state index in [2.05, 4.69) is 5.32 Å². The van der Waals surface area contributed by atoms with Crippen molar-refractivity contribution in [3.8, 4) is 0 Å². The van der Waals surface area contributed by atoms with E-state index in [4.69, 9.17) is 4.74 Å². The lowest BCUT2D eigenvalue weighted by atomic mass is 10.3. The Morgan fingerprint density at radius 2 is 1.85 bits per heavy atom. The Bertz CT molecular complexity index is 838. The number of carbonyl (C=O) groups is 1. The maximum Gasteiger partial charge on any atom is 0.243 e. The summed E-state index contributed by atoms with van der Waals surface area (Å²) >= 11 is 1.53. The van der Waals surface area contributed by atoms with E-state index >= 15 is 0 Å². The molecule has 0 bridgehead atoms. The third kappa shape index (κ3) is 4.50. The van der Waals surface area contributed by atoms with E-state index in [-0.39, 0.29) is 23.0 Å². The van der Waals surface area contributed by atoms with Crippen LogP contribution in [0.25, 0.3) is 0 Å². The van der Waals surface area contributed by atoms with Crippen LogP contribution < -0.4 is 5.32 Å². The molecule has 0 radical (unpaired) electrons. The Kier molecular flexibility index (Phi) is 5.76. The van der Waals surface area contributed by atoms with Crippen LogP contribution in [0.5, 0.6) is 0 Å². The number of hydrogen-bond donors (Lipinski definition) is 1. The molecule has 6 nitrogen and oxygen atoms in total. The molecule has 1 amide bonds. The predicted octanol–water partition coefficient (Wildman–Crippen LogP) is 2.73. The number of rotatable bonds is 5. The largest absolute Gasteiger partial charge is 0.373 e. The molecule has 2 unspecified atom stereocenters. The van der Waals surface area contributed by atoms with E-state index < -0.39 is 10.0 Å². The number of nitrogens with zero attached hydrogens (tertiary/aromatic N) is 1. The molecule has 1 aliphatic heterocycles. The number of nitrogens with one attached hydrogen (secondary N) is 1. The Morgan fingerprint density at radius 1 is 1.19 bits per heavy atom. The Morgan fingerprint density at radius 3 is 2.42 bits per heavy atom. The summed E-state index contributed by atoms with van der Waals surface area (Å²) in [4.78, 5) is 13.2. The molecule has 26 heavy (non-hydrogen) atoms. The van der Waals surface area contributed by atoms with Gasteiger partial charge in [-0.15, -0.1) is 11.3 Å². The molecular formula is C18H22N2O4S2. The SMILES string of the molecule is CC1CN(S(=O)(=O)c2ccc(NC(=O)Cc3cccs3)cc2)CC(C)O1. The van der Waals surface area contributed by atoms with Gasteiger partial charge in [-0.25, -0.2) is 8.42 Å². The standard InChI is InChI=1S/C18H22N2O4S2/c1-13-11-20(12-14(2)24-13)26(22,23)17-7-5-15(6-8-17)19-18(21)10-16-4-3-9-25-16/h3-9,13-14H,10-12H2,1-2H3,(H,19,21). The number of sulfonamides is 1. The fourth-order valence-corrected chi connectivity index (χ4v) is 5.26. The first-order valence-corrected chi connectivity index (χ1v) is 10.7. The highest BCUT2D eigenvalue weighted by Crippen LogP contribution is 2.22. The first-order valence-electron chi connectivity index (χ1n) is 8.42. The highest BCUT2D eigenvalue weighted by atomic mass is 32.2. The molecule has 0 aliphatic carbocycles. The number of thiophene rings is 1. The highest BCUT2D eigenvalue weighted by Gasteiger charge is 2.32. The van der Waals surface area contributed by atoms with Crippen molar-refractivity contribution in [1.29, 1.82) is 0 Å². The van der Waals surface area contributed by atoms with Crippen molar-refractivity contribution in [1.82, 2.24) is 4.31 Å². The summed E-state index contributed by atoms with van der Waals surface area (Å²) in [5.74, 6) is -0.126. The van der Waals surface area contributed by atoms with Gasteiger partial charge >= 0.3 is 0 Å². The average molecular weight is 395 g/mol. The van der Waals surface area contributed by atoms with Gasteiger partial charge in [-0.1, -0.05) is 6.07 Å². The van der Waals surface area contributed by atoms with E-state index in [1.165, 1.54) is 27.8 Å². The van der Waals surface area contributed by atoms with Gasteiger partial charge in [0.15, 0.2) is 0 Å². The third-order valence-corrected chi connectivity index (χ3v) is 6.80. The second kappa shape index (κ2) is 7.87. The smallest absolute Gasteiger partial charge is 0.243 e. The number of benzene rings is 1. The molecule has 1 aromatic heterocycles.